The molecular formula is C28H34N4O7. The normalized spacial score (nSPS) is 23.4. The van der Waals surface area contributed by atoms with Crippen molar-refractivity contribution in [2.75, 3.05) is 14.1 Å². The third-order valence-electron chi connectivity index (χ3n) is 7.12. The Kier molecular flexibility index (Phi) is 8.58. The Balaban J connectivity index is 1.75. The lowest BCUT2D eigenvalue weighted by Gasteiger charge is -2.37. The van der Waals surface area contributed by atoms with Crippen LogP contribution in [0.3, 0.4) is 0 Å². The molecule has 1 saturated heterocycles. The molecule has 1 aliphatic rings. The monoisotopic (exact) mass is 538 g/mol. The maximum absolute atomic E-state index is 13.9. The van der Waals surface area contributed by atoms with Crippen LogP contribution in [-0.2, 0) is 38.4 Å². The maximum atomic E-state index is 13.9. The largest absolute Gasteiger partial charge is 0.472 e. The fourth-order valence-corrected chi connectivity index (χ4v) is 4.72. The standard InChI is InChI=1S/C28H34N4O7/c1-17(2)24-28(36)32(4)22(12-19-6-9-38-15-19)25(33)29-21(11-18-5-8-37-14-18)27(35)31(3)23(26(34)30-24)13-20-7-10-39-16-20/h5-10,14-17,21-24H,11-13H2,1-4H3,(H,29,33)(H,30,34). The summed E-state index contributed by atoms with van der Waals surface area (Å²) >= 11 is 0. The van der Waals surface area contributed by atoms with Gasteiger partial charge in [0.1, 0.15) is 24.2 Å². The Morgan fingerprint density at radius 2 is 1.13 bits per heavy atom. The van der Waals surface area contributed by atoms with E-state index in [9.17, 15) is 19.2 Å². The van der Waals surface area contributed by atoms with Gasteiger partial charge in [0.2, 0.25) is 23.6 Å². The van der Waals surface area contributed by atoms with Gasteiger partial charge in [-0.25, -0.2) is 0 Å². The van der Waals surface area contributed by atoms with Crippen molar-refractivity contribution >= 4 is 23.6 Å². The maximum Gasteiger partial charge on any atom is 0.245 e. The molecule has 4 heterocycles. The number of hydrogen-bond acceptors (Lipinski definition) is 7. The lowest BCUT2D eigenvalue weighted by molar-refractivity contribution is -0.148. The van der Waals surface area contributed by atoms with E-state index >= 15 is 0 Å². The van der Waals surface area contributed by atoms with E-state index in [1.165, 1.54) is 61.5 Å². The van der Waals surface area contributed by atoms with Crippen molar-refractivity contribution in [3.05, 3.63) is 72.5 Å². The summed E-state index contributed by atoms with van der Waals surface area (Å²) in [4.78, 5) is 57.7. The second kappa shape index (κ2) is 12.1. The number of nitrogens with one attached hydrogen (secondary N) is 2. The topological polar surface area (TPSA) is 138 Å². The number of hydrogen-bond donors (Lipinski definition) is 2. The summed E-state index contributed by atoms with van der Waals surface area (Å²) in [5.74, 6) is -2.12. The average molecular weight is 539 g/mol. The van der Waals surface area contributed by atoms with Crippen LogP contribution < -0.4 is 10.6 Å². The van der Waals surface area contributed by atoms with E-state index in [0.29, 0.717) is 16.7 Å². The van der Waals surface area contributed by atoms with Crippen LogP contribution in [0, 0.1) is 5.92 Å². The molecule has 1 fully saturated rings. The van der Waals surface area contributed by atoms with E-state index in [2.05, 4.69) is 10.6 Å². The third kappa shape index (κ3) is 6.42. The molecule has 1 aliphatic heterocycles. The molecular weight excluding hydrogens is 504 g/mol. The molecule has 208 valence electrons. The van der Waals surface area contributed by atoms with Crippen LogP contribution >= 0.6 is 0 Å². The predicted molar refractivity (Wildman–Crippen MR) is 139 cm³/mol. The molecule has 0 bridgehead atoms. The fraction of sp³-hybridized carbons (Fsp3) is 0.429. The van der Waals surface area contributed by atoms with Crippen molar-refractivity contribution in [3.8, 4) is 0 Å². The Morgan fingerprint density at radius 3 is 1.56 bits per heavy atom. The Hall–Kier alpha value is -4.28. The smallest absolute Gasteiger partial charge is 0.245 e. The summed E-state index contributed by atoms with van der Waals surface area (Å²) in [5, 5.41) is 5.72. The molecule has 0 spiro atoms. The van der Waals surface area contributed by atoms with Crippen molar-refractivity contribution in [1.29, 1.82) is 0 Å². The second-order valence-corrected chi connectivity index (χ2v) is 10.2. The Morgan fingerprint density at radius 1 is 0.692 bits per heavy atom. The first-order valence-corrected chi connectivity index (χ1v) is 12.8. The van der Waals surface area contributed by atoms with Crippen molar-refractivity contribution in [2.45, 2.75) is 57.3 Å². The number of nitrogens with zero attached hydrogens (tertiary/aromatic N) is 2. The van der Waals surface area contributed by atoms with Gasteiger partial charge in [-0.2, -0.15) is 0 Å². The molecule has 39 heavy (non-hydrogen) atoms. The van der Waals surface area contributed by atoms with Crippen molar-refractivity contribution in [2.24, 2.45) is 5.92 Å². The van der Waals surface area contributed by atoms with Crippen LogP contribution in [0.1, 0.15) is 30.5 Å². The van der Waals surface area contributed by atoms with Crippen LogP contribution in [0.5, 0.6) is 0 Å². The minimum atomic E-state index is -1.02. The molecule has 3 aromatic rings. The van der Waals surface area contributed by atoms with Crippen molar-refractivity contribution in [1.82, 2.24) is 20.4 Å². The second-order valence-electron chi connectivity index (χ2n) is 10.2. The summed E-state index contributed by atoms with van der Waals surface area (Å²) < 4.78 is 15.5. The molecule has 3 aromatic heterocycles. The van der Waals surface area contributed by atoms with Crippen LogP contribution in [0.2, 0.25) is 0 Å². The average Bonchev–Trinajstić information content (AvgIpc) is 3.70. The van der Waals surface area contributed by atoms with Crippen LogP contribution in [0.15, 0.2) is 69.0 Å². The van der Waals surface area contributed by atoms with Crippen molar-refractivity contribution < 1.29 is 32.4 Å². The van der Waals surface area contributed by atoms with E-state index < -0.39 is 47.8 Å². The highest BCUT2D eigenvalue weighted by atomic mass is 16.3. The van der Waals surface area contributed by atoms with Gasteiger partial charge in [-0.05, 0) is 40.8 Å². The number of amides is 4. The molecule has 0 radical (unpaired) electrons. The van der Waals surface area contributed by atoms with Gasteiger partial charge in [0.05, 0.1) is 37.6 Å². The number of likely N-dealkylation sites (N-methyl/N-ethyl adjacent to an activating group) is 2. The lowest BCUT2D eigenvalue weighted by Crippen LogP contribution is -2.63. The lowest BCUT2D eigenvalue weighted by atomic mass is 9.97. The summed E-state index contributed by atoms with van der Waals surface area (Å²) in [7, 11) is 3.05. The molecule has 4 rings (SSSR count). The van der Waals surface area contributed by atoms with Gasteiger partial charge in [-0.1, -0.05) is 13.8 Å². The van der Waals surface area contributed by atoms with Gasteiger partial charge < -0.3 is 33.7 Å². The number of carbonyl (C=O) groups is 4. The first-order valence-electron chi connectivity index (χ1n) is 12.8. The van der Waals surface area contributed by atoms with E-state index in [1.54, 1.807) is 18.2 Å². The van der Waals surface area contributed by atoms with E-state index in [0.717, 1.165) is 0 Å². The summed E-state index contributed by atoms with van der Waals surface area (Å²) in [5.41, 5.74) is 2.12. The predicted octanol–water partition coefficient (Wildman–Crippen LogP) is 1.79. The number of furan rings is 3. The van der Waals surface area contributed by atoms with E-state index in [4.69, 9.17) is 13.3 Å². The zero-order valence-corrected chi connectivity index (χ0v) is 22.5. The number of rotatable bonds is 7. The third-order valence-corrected chi connectivity index (χ3v) is 7.12. The molecule has 11 nitrogen and oxygen atoms in total. The van der Waals surface area contributed by atoms with Crippen LogP contribution in [-0.4, -0.2) is 71.7 Å². The Bertz CT molecular complexity index is 1220. The zero-order valence-electron chi connectivity index (χ0n) is 22.5. The van der Waals surface area contributed by atoms with Crippen molar-refractivity contribution in [3.63, 3.8) is 0 Å². The summed E-state index contributed by atoms with van der Waals surface area (Å²) in [6.45, 7) is 3.63. The van der Waals surface area contributed by atoms with E-state index in [-0.39, 0.29) is 25.2 Å². The van der Waals surface area contributed by atoms with E-state index in [1.807, 2.05) is 13.8 Å². The SMILES string of the molecule is CC(C)C1NC(=O)C(Cc2ccoc2)N(C)C(=O)C(Cc2ccoc2)NC(=O)C(Cc2ccoc2)N(C)C1=O. The molecule has 0 aromatic carbocycles. The van der Waals surface area contributed by atoms with Crippen LogP contribution in [0.25, 0.3) is 0 Å². The molecule has 4 atom stereocenters. The van der Waals surface area contributed by atoms with Gasteiger partial charge in [0.15, 0.2) is 0 Å². The van der Waals surface area contributed by atoms with Crippen LogP contribution in [0.4, 0.5) is 0 Å². The minimum Gasteiger partial charge on any atom is -0.472 e. The molecule has 0 saturated carbocycles. The Labute approximate surface area is 226 Å². The zero-order chi connectivity index (χ0) is 28.1. The highest BCUT2D eigenvalue weighted by Gasteiger charge is 2.40. The number of carbonyl (C=O) groups excluding carboxylic acids is 4. The first-order chi connectivity index (χ1) is 18.7. The van der Waals surface area contributed by atoms with Gasteiger partial charge in [0.25, 0.3) is 0 Å². The van der Waals surface area contributed by atoms with Gasteiger partial charge in [0, 0.05) is 33.4 Å². The molecule has 0 aliphatic carbocycles. The van der Waals surface area contributed by atoms with Gasteiger partial charge >= 0.3 is 0 Å². The minimum absolute atomic E-state index is 0.135. The highest BCUT2D eigenvalue weighted by molar-refractivity contribution is 5.97. The van der Waals surface area contributed by atoms with Gasteiger partial charge in [-0.15, -0.1) is 0 Å². The summed E-state index contributed by atoms with van der Waals surface area (Å²) in [6.07, 6.45) is 9.43. The van der Waals surface area contributed by atoms with Gasteiger partial charge in [-0.3, -0.25) is 19.2 Å². The highest BCUT2D eigenvalue weighted by Crippen LogP contribution is 2.18. The summed E-state index contributed by atoms with van der Waals surface area (Å²) in [6, 6.07) is 1.28. The molecule has 4 unspecified atom stereocenters. The first kappa shape index (κ1) is 27.7. The quantitative estimate of drug-likeness (QED) is 0.468. The fourth-order valence-electron chi connectivity index (χ4n) is 4.72. The molecule has 4 amide bonds. The molecule has 2 N–H and O–H groups in total. The molecule has 11 heteroatoms.